The van der Waals surface area contributed by atoms with Crippen molar-refractivity contribution in [1.29, 1.82) is 0 Å². The molecule has 0 aromatic heterocycles. The minimum Gasteiger partial charge on any atom is -0.324 e. The van der Waals surface area contributed by atoms with E-state index >= 15 is 0 Å². The van der Waals surface area contributed by atoms with E-state index in [2.05, 4.69) is 10.4 Å². The molecule has 3 amide bonds. The average Bonchev–Trinajstić information content (AvgIpc) is 3.38. The zero-order chi connectivity index (χ0) is 25.8. The number of nitro groups is 1. The number of hydrogen-bond donors (Lipinski definition) is 1. The lowest BCUT2D eigenvalue weighted by Gasteiger charge is -2.33. The predicted octanol–water partition coefficient (Wildman–Crippen LogP) is 3.77. The Morgan fingerprint density at radius 1 is 0.973 bits per heavy atom. The van der Waals surface area contributed by atoms with E-state index in [1.54, 1.807) is 30.5 Å². The number of nitro benzene ring substituents is 1. The first-order valence-corrected chi connectivity index (χ1v) is 11.8. The maximum absolute atomic E-state index is 13.8. The van der Waals surface area contributed by atoms with E-state index in [0.29, 0.717) is 10.7 Å². The Hall–Kier alpha value is -4.57. The number of hydrazone groups is 1. The number of carbonyl (C=O) groups excluding carboxylic acids is 3. The Morgan fingerprint density at radius 2 is 1.70 bits per heavy atom. The number of halogens is 1. The van der Waals surface area contributed by atoms with Crippen LogP contribution in [0.25, 0.3) is 0 Å². The summed E-state index contributed by atoms with van der Waals surface area (Å²) >= 11 is 5.96. The number of hydrogen-bond acceptors (Lipinski definition) is 7. The third-order valence-corrected chi connectivity index (χ3v) is 7.22. The summed E-state index contributed by atoms with van der Waals surface area (Å²) in [5.74, 6) is -3.59. The number of non-ortho nitro benzene ring substituents is 1. The number of nitrogens with one attached hydrogen (secondary N) is 1. The summed E-state index contributed by atoms with van der Waals surface area (Å²) in [6.07, 6.45) is 1.61. The molecule has 0 aliphatic carbocycles. The Labute approximate surface area is 215 Å². The van der Waals surface area contributed by atoms with Crippen LogP contribution in [0.1, 0.15) is 17.2 Å². The molecule has 10 nitrogen and oxygen atoms in total. The molecule has 2 fully saturated rings. The van der Waals surface area contributed by atoms with Crippen molar-refractivity contribution in [3.05, 3.63) is 99.1 Å². The smallest absolute Gasteiger partial charge is 0.271 e. The first kappa shape index (κ1) is 22.9. The molecule has 2 saturated heterocycles. The van der Waals surface area contributed by atoms with Gasteiger partial charge in [0.1, 0.15) is 6.04 Å². The molecular formula is C26H18ClN5O5. The number of amides is 3. The maximum atomic E-state index is 13.8. The SMILES string of the molecule is O=C(Nc1ccc(Cl)cc1)[C@H]1[C@H]2C(=O)N(c3cccc([N+](=O)[O-])c3)C(=O)[C@H]2[C@H]2c3ccccc3C=NN21. The van der Waals surface area contributed by atoms with Gasteiger partial charge >= 0.3 is 0 Å². The van der Waals surface area contributed by atoms with Crippen LogP contribution in [0, 0.1) is 22.0 Å². The van der Waals surface area contributed by atoms with Gasteiger partial charge in [0.15, 0.2) is 0 Å². The number of nitrogens with zero attached hydrogens (tertiary/aromatic N) is 4. The van der Waals surface area contributed by atoms with E-state index in [1.807, 2.05) is 24.3 Å². The van der Waals surface area contributed by atoms with Crippen molar-refractivity contribution in [1.82, 2.24) is 5.01 Å². The van der Waals surface area contributed by atoms with Gasteiger partial charge in [-0.2, -0.15) is 5.10 Å². The van der Waals surface area contributed by atoms with Crippen molar-refractivity contribution in [3.8, 4) is 0 Å². The molecule has 0 saturated carbocycles. The van der Waals surface area contributed by atoms with Crippen LogP contribution < -0.4 is 10.2 Å². The van der Waals surface area contributed by atoms with Gasteiger partial charge in [-0.25, -0.2) is 4.90 Å². The molecule has 37 heavy (non-hydrogen) atoms. The highest BCUT2D eigenvalue weighted by Crippen LogP contribution is 2.52. The highest BCUT2D eigenvalue weighted by Gasteiger charge is 2.65. The van der Waals surface area contributed by atoms with Gasteiger partial charge in [0, 0.05) is 22.8 Å². The zero-order valence-electron chi connectivity index (χ0n) is 19.0. The van der Waals surface area contributed by atoms with Gasteiger partial charge in [-0.15, -0.1) is 0 Å². The van der Waals surface area contributed by atoms with Crippen molar-refractivity contribution >= 4 is 52.6 Å². The van der Waals surface area contributed by atoms with Crippen molar-refractivity contribution in [3.63, 3.8) is 0 Å². The fourth-order valence-electron chi connectivity index (χ4n) is 5.42. The Kier molecular flexibility index (Phi) is 5.27. The average molecular weight is 516 g/mol. The van der Waals surface area contributed by atoms with Crippen LogP contribution in [-0.2, 0) is 14.4 Å². The summed E-state index contributed by atoms with van der Waals surface area (Å²) in [6.45, 7) is 0. The molecule has 0 bridgehead atoms. The van der Waals surface area contributed by atoms with E-state index in [1.165, 1.54) is 29.3 Å². The molecular weight excluding hydrogens is 498 g/mol. The third kappa shape index (κ3) is 3.56. The summed E-state index contributed by atoms with van der Waals surface area (Å²) in [4.78, 5) is 52.9. The molecule has 3 aliphatic rings. The molecule has 0 unspecified atom stereocenters. The van der Waals surface area contributed by atoms with Crippen LogP contribution in [0.2, 0.25) is 5.02 Å². The van der Waals surface area contributed by atoms with Crippen LogP contribution in [0.3, 0.4) is 0 Å². The van der Waals surface area contributed by atoms with Crippen molar-refractivity contribution in [2.45, 2.75) is 12.1 Å². The fourth-order valence-corrected chi connectivity index (χ4v) is 5.54. The van der Waals surface area contributed by atoms with Crippen LogP contribution in [-0.4, -0.2) is 39.9 Å². The zero-order valence-corrected chi connectivity index (χ0v) is 19.8. The topological polar surface area (TPSA) is 125 Å². The lowest BCUT2D eigenvalue weighted by Crippen LogP contribution is -2.46. The Morgan fingerprint density at radius 3 is 2.46 bits per heavy atom. The molecule has 0 radical (unpaired) electrons. The minimum atomic E-state index is -1.09. The molecule has 3 aromatic rings. The lowest BCUT2D eigenvalue weighted by molar-refractivity contribution is -0.384. The molecule has 4 atom stereocenters. The molecule has 1 N–H and O–H groups in total. The highest BCUT2D eigenvalue weighted by molar-refractivity contribution is 6.30. The van der Waals surface area contributed by atoms with E-state index in [-0.39, 0.29) is 11.4 Å². The number of rotatable bonds is 4. The van der Waals surface area contributed by atoms with Crippen molar-refractivity contribution in [2.75, 3.05) is 10.2 Å². The molecule has 3 heterocycles. The number of fused-ring (bicyclic) bond motifs is 5. The van der Waals surface area contributed by atoms with E-state index in [0.717, 1.165) is 16.0 Å². The standard InChI is InChI=1S/C26H18ClN5O5/c27-15-8-10-16(11-9-15)29-24(33)23-21-20(22-19-7-2-1-4-14(19)13-28-31(22)23)25(34)30(26(21)35)17-5-3-6-18(12-17)32(36)37/h1-13,20-23H,(H,29,33)/t20-,21+,22-,23-/m1/s1. The number of carbonyl (C=O) groups is 3. The van der Waals surface area contributed by atoms with E-state index in [4.69, 9.17) is 11.6 Å². The van der Waals surface area contributed by atoms with Crippen LogP contribution in [0.15, 0.2) is 77.9 Å². The monoisotopic (exact) mass is 515 g/mol. The summed E-state index contributed by atoms with van der Waals surface area (Å²) in [6, 6.07) is 17.5. The van der Waals surface area contributed by atoms with Gasteiger partial charge in [0.25, 0.3) is 5.69 Å². The van der Waals surface area contributed by atoms with Crippen LogP contribution >= 0.6 is 11.6 Å². The van der Waals surface area contributed by atoms with E-state index < -0.39 is 46.6 Å². The first-order valence-electron chi connectivity index (χ1n) is 11.4. The van der Waals surface area contributed by atoms with Gasteiger partial charge in [-0.05, 0) is 41.5 Å². The molecule has 0 spiro atoms. The molecule has 3 aromatic carbocycles. The largest absolute Gasteiger partial charge is 0.324 e. The van der Waals surface area contributed by atoms with Gasteiger partial charge in [0.05, 0.1) is 34.7 Å². The summed E-state index contributed by atoms with van der Waals surface area (Å²) in [7, 11) is 0. The lowest BCUT2D eigenvalue weighted by atomic mass is 9.85. The second-order valence-electron chi connectivity index (χ2n) is 8.98. The van der Waals surface area contributed by atoms with Crippen LogP contribution in [0.4, 0.5) is 17.1 Å². The quantitative estimate of drug-likeness (QED) is 0.320. The highest BCUT2D eigenvalue weighted by atomic mass is 35.5. The fraction of sp³-hybridized carbons (Fsp3) is 0.154. The number of imide groups is 1. The Bertz CT molecular complexity index is 1510. The summed E-state index contributed by atoms with van der Waals surface area (Å²) in [5, 5.41) is 20.7. The van der Waals surface area contributed by atoms with Gasteiger partial charge in [0.2, 0.25) is 17.7 Å². The molecule has 184 valence electrons. The third-order valence-electron chi connectivity index (χ3n) is 6.97. The number of anilines is 2. The van der Waals surface area contributed by atoms with Gasteiger partial charge < -0.3 is 5.32 Å². The second-order valence-corrected chi connectivity index (χ2v) is 9.42. The summed E-state index contributed by atoms with van der Waals surface area (Å²) < 4.78 is 0. The summed E-state index contributed by atoms with van der Waals surface area (Å²) in [5.41, 5.74) is 1.88. The van der Waals surface area contributed by atoms with Gasteiger partial charge in [-0.1, -0.05) is 41.9 Å². The predicted molar refractivity (Wildman–Crippen MR) is 135 cm³/mol. The minimum absolute atomic E-state index is 0.0922. The molecule has 6 rings (SSSR count). The first-order chi connectivity index (χ1) is 17.8. The van der Waals surface area contributed by atoms with Crippen molar-refractivity contribution < 1.29 is 19.3 Å². The van der Waals surface area contributed by atoms with Gasteiger partial charge in [-0.3, -0.25) is 29.5 Å². The van der Waals surface area contributed by atoms with Crippen LogP contribution in [0.5, 0.6) is 0 Å². The second kappa shape index (κ2) is 8.52. The Balaban J connectivity index is 1.44. The molecule has 3 aliphatic heterocycles. The molecule has 11 heteroatoms. The van der Waals surface area contributed by atoms with Crippen molar-refractivity contribution in [2.24, 2.45) is 16.9 Å². The number of benzene rings is 3. The normalized spacial score (nSPS) is 23.5. The maximum Gasteiger partial charge on any atom is 0.271 e. The van der Waals surface area contributed by atoms with E-state index in [9.17, 15) is 24.5 Å².